The van der Waals surface area contributed by atoms with E-state index in [-0.39, 0.29) is 0 Å². The highest BCUT2D eigenvalue weighted by atomic mass is 15.1. The quantitative estimate of drug-likeness (QED) is 0.124. The summed E-state index contributed by atoms with van der Waals surface area (Å²) in [4.78, 5) is 0. The van der Waals surface area contributed by atoms with Crippen LogP contribution in [-0.4, -0.2) is 36.5 Å². The maximum absolute atomic E-state index is 2.58. The van der Waals surface area contributed by atoms with E-state index in [9.17, 15) is 0 Å². The maximum Gasteiger partial charge on any atom is 0.0788 e. The maximum atomic E-state index is 2.58. The van der Waals surface area contributed by atoms with Crippen LogP contribution in [0.25, 0.3) is 253 Å². The standard InChI is InChI=1S/C120H74N8/c1-5-35-81(36-6-1)121-105-51-21-13-43-89(105)97-59-63-101-93-47-17-25-55-109(93)125(117(101)113(97)121)85-69-79(70-86(73-85)126-110-56-26-18-48-94(110)102-64-60-98-90-44-14-22-52-106(90)122(114(98)118(102)126)82-37-7-2-8-38-82)77-33-29-31-75(67-77)76-32-30-34-78(68-76)80-71-87(127-111-57-27-19-49-95(111)103-65-61-99-91-45-15-23-53-107(91)123(115(99)119(103)127)83-39-9-3-10-40-83)74-88(72-80)128-112-58-28-20-50-96(112)104-66-62-100-92-46-16-24-54-108(92)124(116(100)120(104)128)84-41-11-4-12-42-84/h1-74H. The van der Waals surface area contributed by atoms with Crippen LogP contribution in [0.4, 0.5) is 0 Å². The summed E-state index contributed by atoms with van der Waals surface area (Å²) in [7, 11) is 0. The smallest absolute Gasteiger partial charge is 0.0788 e. The van der Waals surface area contributed by atoms with Gasteiger partial charge < -0.3 is 36.5 Å². The van der Waals surface area contributed by atoms with E-state index in [0.717, 1.165) is 167 Å². The van der Waals surface area contributed by atoms with Crippen LogP contribution in [0.3, 0.4) is 0 Å². The van der Waals surface area contributed by atoms with Gasteiger partial charge in [-0.2, -0.15) is 0 Å². The zero-order chi connectivity index (χ0) is 83.5. The molecular weight excluding hydrogens is 1550 g/mol. The van der Waals surface area contributed by atoms with Crippen molar-refractivity contribution in [2.75, 3.05) is 0 Å². The summed E-state index contributed by atoms with van der Waals surface area (Å²) >= 11 is 0. The van der Waals surface area contributed by atoms with E-state index < -0.39 is 0 Å². The molecule has 8 heteroatoms. The Labute approximate surface area is 733 Å². The van der Waals surface area contributed by atoms with Crippen LogP contribution in [0.15, 0.2) is 449 Å². The lowest BCUT2D eigenvalue weighted by atomic mass is 9.95. The lowest BCUT2D eigenvalue weighted by Gasteiger charge is -2.18. The monoisotopic (exact) mass is 1630 g/mol. The van der Waals surface area contributed by atoms with Crippen molar-refractivity contribution in [3.63, 3.8) is 0 Å². The van der Waals surface area contributed by atoms with Gasteiger partial charge in [0.1, 0.15) is 0 Å². The van der Waals surface area contributed by atoms with Gasteiger partial charge in [0.25, 0.3) is 0 Å². The minimum atomic E-state index is 1.04. The van der Waals surface area contributed by atoms with Crippen molar-refractivity contribution >= 4 is 174 Å². The van der Waals surface area contributed by atoms with Gasteiger partial charge >= 0.3 is 0 Å². The number of benzene rings is 20. The highest BCUT2D eigenvalue weighted by Crippen LogP contribution is 2.50. The van der Waals surface area contributed by atoms with Gasteiger partial charge in [-0.1, -0.05) is 303 Å². The summed E-state index contributed by atoms with van der Waals surface area (Å²) in [5, 5.41) is 19.1. The van der Waals surface area contributed by atoms with Crippen molar-refractivity contribution in [2.24, 2.45) is 0 Å². The average Bonchev–Trinajstić information content (AvgIpc) is 1.55. The predicted molar refractivity (Wildman–Crippen MR) is 537 cm³/mol. The van der Waals surface area contributed by atoms with E-state index in [1.165, 1.54) is 86.2 Å². The van der Waals surface area contributed by atoms with E-state index in [1.54, 1.807) is 0 Å². The molecule has 8 heterocycles. The number of aromatic nitrogens is 8. The molecular formula is C120H74N8. The van der Waals surface area contributed by atoms with E-state index in [1.807, 2.05) is 0 Å². The SMILES string of the molecule is c1ccc(-n2c3ccccc3c3ccc4c5ccccc5n(-c5cc(-c6cccc(-c7cccc(-c8cc(-n9c%10ccccc%10c%10ccc%11c%12ccccc%12n(-c%12ccccc%12)c%11c%109)cc(-n9c%10ccccc%10c%10ccc%11c%12ccccc%12n(-c%12ccccc%12)c%11c%109)c8)c7)c6)cc(-n6c7ccccc7c7ccc8c9ccccc9n(-c9ccccc9)c8c76)c5)c4c32)cc1. The number of hydrogen-bond donors (Lipinski definition) is 0. The van der Waals surface area contributed by atoms with E-state index >= 15 is 0 Å². The Balaban J connectivity index is 0.705. The molecule has 128 heavy (non-hydrogen) atoms. The minimum Gasteiger partial charge on any atom is -0.307 e. The van der Waals surface area contributed by atoms with Crippen LogP contribution in [-0.2, 0) is 0 Å². The molecule has 28 aromatic rings. The molecule has 0 N–H and O–H groups in total. The molecule has 0 saturated heterocycles. The normalized spacial score (nSPS) is 12.2. The van der Waals surface area contributed by atoms with Gasteiger partial charge in [-0.25, -0.2) is 0 Å². The number of hydrogen-bond acceptors (Lipinski definition) is 0. The molecule has 0 radical (unpaired) electrons. The molecule has 8 aromatic heterocycles. The summed E-state index contributed by atoms with van der Waals surface area (Å²) < 4.78 is 20.3. The van der Waals surface area contributed by atoms with Crippen molar-refractivity contribution < 1.29 is 0 Å². The van der Waals surface area contributed by atoms with Gasteiger partial charge in [0.05, 0.1) is 88.3 Å². The second-order valence-corrected chi connectivity index (χ2v) is 34.2. The Morgan fingerprint density at radius 1 is 0.0938 bits per heavy atom. The van der Waals surface area contributed by atoms with Gasteiger partial charge in [0.15, 0.2) is 0 Å². The van der Waals surface area contributed by atoms with Gasteiger partial charge in [-0.15, -0.1) is 0 Å². The van der Waals surface area contributed by atoms with Crippen molar-refractivity contribution in [3.05, 3.63) is 449 Å². The van der Waals surface area contributed by atoms with E-state index in [2.05, 4.69) is 485 Å². The summed E-state index contributed by atoms with van der Waals surface area (Å²) in [6, 6.07) is 168. The Morgan fingerprint density at radius 3 is 0.438 bits per heavy atom. The van der Waals surface area contributed by atoms with Crippen LogP contribution in [0.5, 0.6) is 0 Å². The fourth-order valence-electron chi connectivity index (χ4n) is 22.3. The lowest BCUT2D eigenvalue weighted by Crippen LogP contribution is -2.03. The van der Waals surface area contributed by atoms with Crippen molar-refractivity contribution in [3.8, 4) is 78.9 Å². The first-order chi connectivity index (χ1) is 63.6. The molecule has 8 nitrogen and oxygen atoms in total. The van der Waals surface area contributed by atoms with Gasteiger partial charge in [0.2, 0.25) is 0 Å². The third kappa shape index (κ3) is 10.0. The molecule has 0 aliphatic heterocycles. The third-order valence-electron chi connectivity index (χ3n) is 27.5. The summed E-state index contributed by atoms with van der Waals surface area (Å²) in [5.74, 6) is 0. The van der Waals surface area contributed by atoms with Crippen LogP contribution < -0.4 is 0 Å². The van der Waals surface area contributed by atoms with Gasteiger partial charge in [-0.3, -0.25) is 0 Å². The summed E-state index contributed by atoms with van der Waals surface area (Å²) in [6.45, 7) is 0. The zero-order valence-electron chi connectivity index (χ0n) is 69.3. The lowest BCUT2D eigenvalue weighted by molar-refractivity contribution is 1.12. The molecule has 0 unspecified atom stereocenters. The first-order valence-corrected chi connectivity index (χ1v) is 44.1. The highest BCUT2D eigenvalue weighted by Gasteiger charge is 2.30. The van der Waals surface area contributed by atoms with E-state index in [4.69, 9.17) is 0 Å². The molecule has 20 aromatic carbocycles. The summed E-state index contributed by atoms with van der Waals surface area (Å²) in [5.41, 5.74) is 33.4. The molecule has 594 valence electrons. The molecule has 0 aliphatic rings. The Morgan fingerprint density at radius 2 is 0.250 bits per heavy atom. The number of para-hydroxylation sites is 12. The van der Waals surface area contributed by atoms with Crippen molar-refractivity contribution in [2.45, 2.75) is 0 Å². The van der Waals surface area contributed by atoms with E-state index in [0.29, 0.717) is 0 Å². The molecule has 28 rings (SSSR count). The Hall–Kier alpha value is -17.2. The second-order valence-electron chi connectivity index (χ2n) is 34.2. The van der Waals surface area contributed by atoms with Gasteiger partial charge in [0, 0.05) is 132 Å². The highest BCUT2D eigenvalue weighted by molar-refractivity contribution is 6.29. The minimum absolute atomic E-state index is 1.04. The number of rotatable bonds is 11. The topological polar surface area (TPSA) is 39.4 Å². The van der Waals surface area contributed by atoms with Crippen LogP contribution in [0.2, 0.25) is 0 Å². The van der Waals surface area contributed by atoms with Crippen LogP contribution >= 0.6 is 0 Å². The van der Waals surface area contributed by atoms with Crippen LogP contribution in [0.1, 0.15) is 0 Å². The van der Waals surface area contributed by atoms with Gasteiger partial charge in [-0.05, 0) is 179 Å². The third-order valence-corrected chi connectivity index (χ3v) is 27.5. The first kappa shape index (κ1) is 70.3. The van der Waals surface area contributed by atoms with Crippen LogP contribution in [0, 0.1) is 0 Å². The number of fused-ring (bicyclic) bond motifs is 28. The zero-order valence-corrected chi connectivity index (χ0v) is 69.3. The molecule has 0 saturated carbocycles. The molecule has 0 bridgehead atoms. The fourth-order valence-corrected chi connectivity index (χ4v) is 22.3. The van der Waals surface area contributed by atoms with Crippen molar-refractivity contribution in [1.82, 2.24) is 36.5 Å². The van der Waals surface area contributed by atoms with Crippen molar-refractivity contribution in [1.29, 1.82) is 0 Å². The largest absolute Gasteiger partial charge is 0.307 e. The Kier molecular flexibility index (Phi) is 14.9. The second kappa shape index (κ2) is 27.1. The predicted octanol–water partition coefficient (Wildman–Crippen LogP) is 31.5. The fraction of sp³-hybridized carbons (Fsp3) is 0. The first-order valence-electron chi connectivity index (χ1n) is 44.1. The number of nitrogens with zero attached hydrogens (tertiary/aromatic N) is 8. The Bertz CT molecular complexity index is 8520. The average molecular weight is 1630 g/mol. The molecule has 0 atom stereocenters. The molecule has 0 fully saturated rings. The summed E-state index contributed by atoms with van der Waals surface area (Å²) in [6.07, 6.45) is 0. The molecule has 0 amide bonds. The molecule has 0 aliphatic carbocycles. The molecule has 0 spiro atoms.